The maximum atomic E-state index is 11.1. The Hall–Kier alpha value is 0.250. The smallest absolute Gasteiger partial charge is 1.00 e. The zero-order valence-corrected chi connectivity index (χ0v) is 11.3. The largest absolute Gasteiger partial charge is 1.00 e. The number of amides is 1. The van der Waals surface area contributed by atoms with Crippen molar-refractivity contribution >= 4 is 23.6 Å². The number of carbonyl (C=O) groups is 2. The van der Waals surface area contributed by atoms with E-state index in [-0.39, 0.29) is 48.8 Å². The molecule has 2 saturated heterocycles. The van der Waals surface area contributed by atoms with Crippen LogP contribution in [-0.4, -0.2) is 51.3 Å². The van der Waals surface area contributed by atoms with Crippen LogP contribution in [0.15, 0.2) is 0 Å². The molecule has 0 spiro atoms. The van der Waals surface area contributed by atoms with Crippen LogP contribution >= 0.6 is 11.8 Å². The van der Waals surface area contributed by atoms with Crippen LogP contribution in [0.1, 0.15) is 7.85 Å². The third-order valence-corrected chi connectivity index (χ3v) is 4.32. The van der Waals surface area contributed by atoms with Gasteiger partial charge in [-0.05, 0) is 0 Å². The van der Waals surface area contributed by atoms with Gasteiger partial charge in [0.15, 0.2) is 0 Å². The number of nitrogens with zero attached hydrogens (tertiary/aromatic N) is 1. The van der Waals surface area contributed by atoms with Crippen LogP contribution in [0.3, 0.4) is 0 Å². The molecule has 1 amide bonds. The van der Waals surface area contributed by atoms with Gasteiger partial charge in [-0.25, -0.2) is 0 Å². The SMILES string of the molecule is O=C1C[C@H]2SCC(CO)(C(=O)O)CN12.[H-].[Na+]. The maximum absolute atomic E-state index is 11.1. The molecule has 0 bridgehead atoms. The average Bonchev–Trinajstić information content (AvgIpc) is 2.16. The molecule has 5 nitrogen and oxygen atoms in total. The number of hydrogen-bond donors (Lipinski definition) is 2. The van der Waals surface area contributed by atoms with Gasteiger partial charge in [-0.1, -0.05) is 0 Å². The van der Waals surface area contributed by atoms with Crippen LogP contribution in [0.4, 0.5) is 0 Å². The molecule has 0 aliphatic carbocycles. The molecule has 2 aliphatic heterocycles. The Morgan fingerprint density at radius 3 is 2.87 bits per heavy atom. The van der Waals surface area contributed by atoms with Crippen LogP contribution in [0.5, 0.6) is 0 Å². The topological polar surface area (TPSA) is 77.8 Å². The predicted octanol–water partition coefficient (Wildman–Crippen LogP) is -3.53. The summed E-state index contributed by atoms with van der Waals surface area (Å²) in [5.74, 6) is -0.653. The van der Waals surface area contributed by atoms with E-state index < -0.39 is 18.0 Å². The number of aliphatic hydroxyl groups is 1. The first kappa shape index (κ1) is 13.3. The summed E-state index contributed by atoms with van der Waals surface area (Å²) >= 11 is 1.44. The minimum absolute atomic E-state index is 0. The summed E-state index contributed by atoms with van der Waals surface area (Å²) in [5, 5.41) is 18.2. The Morgan fingerprint density at radius 2 is 2.40 bits per heavy atom. The zero-order valence-electron chi connectivity index (χ0n) is 9.47. The number of hydrogen-bond acceptors (Lipinski definition) is 4. The van der Waals surface area contributed by atoms with Crippen molar-refractivity contribution in [1.82, 2.24) is 4.90 Å². The van der Waals surface area contributed by atoms with Gasteiger partial charge in [0.1, 0.15) is 5.41 Å². The fourth-order valence-corrected chi connectivity index (χ4v) is 3.13. The minimum Gasteiger partial charge on any atom is -1.00 e. The van der Waals surface area contributed by atoms with E-state index in [1.807, 2.05) is 0 Å². The van der Waals surface area contributed by atoms with Crippen molar-refractivity contribution in [1.29, 1.82) is 0 Å². The first-order chi connectivity index (χ1) is 6.59. The van der Waals surface area contributed by atoms with Crippen molar-refractivity contribution in [3.63, 3.8) is 0 Å². The molecule has 0 aromatic heterocycles. The number of fused-ring (bicyclic) bond motifs is 1. The van der Waals surface area contributed by atoms with Gasteiger partial charge in [-0.3, -0.25) is 9.59 Å². The first-order valence-electron chi connectivity index (χ1n) is 4.34. The van der Waals surface area contributed by atoms with E-state index in [2.05, 4.69) is 0 Å². The second-order valence-electron chi connectivity index (χ2n) is 3.74. The molecule has 15 heavy (non-hydrogen) atoms. The molecule has 2 heterocycles. The monoisotopic (exact) mass is 241 g/mol. The minimum atomic E-state index is -1.16. The van der Waals surface area contributed by atoms with Crippen molar-refractivity contribution in [3.05, 3.63) is 0 Å². The number of thioether (sulfide) groups is 1. The molecule has 0 radical (unpaired) electrons. The fourth-order valence-electron chi connectivity index (χ4n) is 1.68. The van der Waals surface area contributed by atoms with E-state index in [0.717, 1.165) is 0 Å². The second-order valence-corrected chi connectivity index (χ2v) is 4.90. The summed E-state index contributed by atoms with van der Waals surface area (Å²) in [7, 11) is 0. The zero-order chi connectivity index (χ0) is 10.3. The number of aliphatic carboxylic acids is 1. The number of β-lactam (4-membered cyclic amide) rings is 1. The van der Waals surface area contributed by atoms with Gasteiger partial charge in [0, 0.05) is 12.3 Å². The Labute approximate surface area is 115 Å². The van der Waals surface area contributed by atoms with E-state index in [0.29, 0.717) is 12.2 Å². The van der Waals surface area contributed by atoms with E-state index in [4.69, 9.17) is 10.2 Å². The molecule has 2 rings (SSSR count). The summed E-state index contributed by atoms with van der Waals surface area (Å²) in [5.41, 5.74) is -1.16. The quantitative estimate of drug-likeness (QED) is 0.387. The van der Waals surface area contributed by atoms with Gasteiger partial charge in [0.05, 0.1) is 18.4 Å². The molecule has 0 aromatic carbocycles. The molecular weight excluding hydrogens is 229 g/mol. The van der Waals surface area contributed by atoms with Crippen molar-refractivity contribution in [2.75, 3.05) is 18.9 Å². The number of rotatable bonds is 2. The fraction of sp³-hybridized carbons (Fsp3) is 0.750. The summed E-state index contributed by atoms with van der Waals surface area (Å²) in [4.78, 5) is 23.6. The summed E-state index contributed by atoms with van der Waals surface area (Å²) < 4.78 is 0. The van der Waals surface area contributed by atoms with E-state index in [9.17, 15) is 9.59 Å². The van der Waals surface area contributed by atoms with Crippen LogP contribution in [-0.2, 0) is 9.59 Å². The van der Waals surface area contributed by atoms with Gasteiger partial charge in [0.25, 0.3) is 0 Å². The normalized spacial score (nSPS) is 33.8. The maximum Gasteiger partial charge on any atom is 1.00 e. The number of carboxylic acid groups (broad SMARTS) is 1. The molecule has 2 N–H and O–H groups in total. The molecule has 2 atom stereocenters. The van der Waals surface area contributed by atoms with Gasteiger partial charge < -0.3 is 16.5 Å². The van der Waals surface area contributed by atoms with Crippen molar-refractivity contribution in [3.8, 4) is 0 Å². The second kappa shape index (κ2) is 4.63. The molecule has 7 heteroatoms. The molecule has 1 unspecified atom stereocenters. The van der Waals surface area contributed by atoms with Crippen molar-refractivity contribution < 1.29 is 50.8 Å². The molecule has 2 aliphatic rings. The molecule has 0 aromatic rings. The van der Waals surface area contributed by atoms with Crippen LogP contribution in [0.25, 0.3) is 0 Å². The number of aliphatic hydroxyl groups excluding tert-OH is 1. The summed E-state index contributed by atoms with van der Waals surface area (Å²) in [6, 6.07) is 0. The predicted molar refractivity (Wildman–Crippen MR) is 50.8 cm³/mol. The first-order valence-corrected chi connectivity index (χ1v) is 5.39. The van der Waals surface area contributed by atoms with Gasteiger partial charge >= 0.3 is 35.5 Å². The van der Waals surface area contributed by atoms with Gasteiger partial charge in [-0.15, -0.1) is 11.8 Å². The van der Waals surface area contributed by atoms with Crippen LogP contribution < -0.4 is 29.6 Å². The molecular formula is C8H12NNaO4S. The number of carboxylic acids is 1. The summed E-state index contributed by atoms with van der Waals surface area (Å²) in [6.07, 6.45) is 0.506. The standard InChI is InChI=1S/C8H11NO4S.Na.H/c10-3-8(7(12)13)2-9-5(11)1-6(9)14-4-8;;/h6,10H,1-4H2,(H,12,13);;/q;+1;-1/t6-,8?;;/m1../s1. The van der Waals surface area contributed by atoms with Crippen molar-refractivity contribution in [2.24, 2.45) is 5.41 Å². The number of carbonyl (C=O) groups excluding carboxylic acids is 1. The molecule has 0 saturated carbocycles. The van der Waals surface area contributed by atoms with E-state index >= 15 is 0 Å². The van der Waals surface area contributed by atoms with Gasteiger partial charge in [-0.2, -0.15) is 0 Å². The van der Waals surface area contributed by atoms with E-state index in [1.165, 1.54) is 11.8 Å². The molecule has 80 valence electrons. The Balaban J connectivity index is 0.00000112. The molecule has 2 fully saturated rings. The average molecular weight is 241 g/mol. The summed E-state index contributed by atoms with van der Waals surface area (Å²) in [6.45, 7) is -0.263. The van der Waals surface area contributed by atoms with Crippen LogP contribution in [0.2, 0.25) is 0 Å². The third kappa shape index (κ3) is 2.06. The van der Waals surface area contributed by atoms with Crippen molar-refractivity contribution in [2.45, 2.75) is 11.8 Å². The van der Waals surface area contributed by atoms with Crippen LogP contribution in [0, 0.1) is 5.41 Å². The van der Waals surface area contributed by atoms with Gasteiger partial charge in [0.2, 0.25) is 5.91 Å². The third-order valence-electron chi connectivity index (χ3n) is 2.80. The Kier molecular flexibility index (Phi) is 4.11. The Bertz CT molecular complexity index is 306. The van der Waals surface area contributed by atoms with E-state index in [1.54, 1.807) is 4.90 Å². The Morgan fingerprint density at radius 1 is 1.73 bits per heavy atom.